The van der Waals surface area contributed by atoms with Gasteiger partial charge in [0.25, 0.3) is 0 Å². The molecule has 1 atom stereocenters. The average Bonchev–Trinajstić information content (AvgIpc) is 2.18. The van der Waals surface area contributed by atoms with Gasteiger partial charge in [0, 0.05) is 7.11 Å². The predicted octanol–water partition coefficient (Wildman–Crippen LogP) is 1.31. The third kappa shape index (κ3) is 5.47. The molecule has 0 aromatic heterocycles. The highest BCUT2D eigenvalue weighted by Gasteiger charge is 2.27. The summed E-state index contributed by atoms with van der Waals surface area (Å²) in [5, 5.41) is 6.18. The summed E-state index contributed by atoms with van der Waals surface area (Å²) in [7, 11) is 1.66. The lowest BCUT2D eigenvalue weighted by atomic mass is 10.0. The molecule has 0 aromatic carbocycles. The van der Waals surface area contributed by atoms with Gasteiger partial charge in [-0.1, -0.05) is 20.3 Å². The number of ether oxygens (including phenoxy) is 1. The molecule has 4 heteroatoms. The zero-order chi connectivity index (χ0) is 12.6. The number of likely N-dealkylation sites (N-methyl/N-ethyl adjacent to an activating group) is 1. The summed E-state index contributed by atoms with van der Waals surface area (Å²) in [5.74, 6) is 0.0323. The van der Waals surface area contributed by atoms with E-state index in [1.165, 1.54) is 0 Å². The first-order valence-electron chi connectivity index (χ1n) is 6.02. The molecule has 0 aliphatic heterocycles. The Balaban J connectivity index is 4.26. The summed E-state index contributed by atoms with van der Waals surface area (Å²) in [6, 6.07) is 0.112. The van der Waals surface area contributed by atoms with E-state index < -0.39 is 5.54 Å². The number of amides is 1. The molecule has 0 aromatic rings. The lowest BCUT2D eigenvalue weighted by Gasteiger charge is -2.27. The fourth-order valence-electron chi connectivity index (χ4n) is 1.63. The summed E-state index contributed by atoms with van der Waals surface area (Å²) >= 11 is 0. The molecular formula is C12H26N2O2. The number of hydrogen-bond acceptors (Lipinski definition) is 3. The summed E-state index contributed by atoms with van der Waals surface area (Å²) in [5.41, 5.74) is -0.519. The van der Waals surface area contributed by atoms with Crippen LogP contribution in [0.3, 0.4) is 0 Å². The van der Waals surface area contributed by atoms with Crippen molar-refractivity contribution in [1.29, 1.82) is 0 Å². The number of methoxy groups -OCH3 is 1. The van der Waals surface area contributed by atoms with Gasteiger partial charge in [0.1, 0.15) is 0 Å². The molecule has 0 aliphatic rings. The zero-order valence-corrected chi connectivity index (χ0v) is 11.2. The summed E-state index contributed by atoms with van der Waals surface area (Å²) in [6.07, 6.45) is 1.98. The molecule has 0 bridgehead atoms. The molecular weight excluding hydrogens is 204 g/mol. The smallest absolute Gasteiger partial charge is 0.240 e. The minimum absolute atomic E-state index is 0.0323. The maximum atomic E-state index is 12.0. The maximum absolute atomic E-state index is 12.0. The molecule has 16 heavy (non-hydrogen) atoms. The van der Waals surface area contributed by atoms with Gasteiger partial charge in [-0.05, 0) is 26.8 Å². The summed E-state index contributed by atoms with van der Waals surface area (Å²) in [4.78, 5) is 12.0. The normalized spacial score (nSPS) is 13.6. The van der Waals surface area contributed by atoms with Crippen molar-refractivity contribution in [2.45, 2.75) is 52.1 Å². The van der Waals surface area contributed by atoms with E-state index in [0.29, 0.717) is 6.61 Å². The van der Waals surface area contributed by atoms with Crippen LogP contribution in [0.4, 0.5) is 0 Å². The molecule has 0 radical (unpaired) electrons. The molecule has 0 saturated heterocycles. The Morgan fingerprint density at radius 1 is 1.38 bits per heavy atom. The summed E-state index contributed by atoms with van der Waals surface area (Å²) in [6.45, 7) is 9.23. The quantitative estimate of drug-likeness (QED) is 0.661. The van der Waals surface area contributed by atoms with Crippen molar-refractivity contribution in [2.24, 2.45) is 0 Å². The molecule has 0 aliphatic carbocycles. The van der Waals surface area contributed by atoms with Crippen LogP contribution in [0.15, 0.2) is 0 Å². The zero-order valence-electron chi connectivity index (χ0n) is 11.2. The fraction of sp³-hybridized carbons (Fsp3) is 0.917. The van der Waals surface area contributed by atoms with E-state index >= 15 is 0 Å². The highest BCUT2D eigenvalue weighted by Crippen LogP contribution is 2.04. The van der Waals surface area contributed by atoms with Gasteiger partial charge in [0.2, 0.25) is 5.91 Å². The van der Waals surface area contributed by atoms with E-state index in [0.717, 1.165) is 19.4 Å². The van der Waals surface area contributed by atoms with E-state index in [4.69, 9.17) is 4.74 Å². The first-order valence-corrected chi connectivity index (χ1v) is 6.02. The van der Waals surface area contributed by atoms with Gasteiger partial charge in [-0.15, -0.1) is 0 Å². The van der Waals surface area contributed by atoms with Gasteiger partial charge in [0.15, 0.2) is 0 Å². The second kappa shape index (κ2) is 7.63. The highest BCUT2D eigenvalue weighted by atomic mass is 16.5. The highest BCUT2D eigenvalue weighted by molar-refractivity contribution is 5.85. The Hall–Kier alpha value is -0.610. The van der Waals surface area contributed by atoms with Crippen LogP contribution in [0, 0.1) is 0 Å². The van der Waals surface area contributed by atoms with Crippen molar-refractivity contribution in [1.82, 2.24) is 10.6 Å². The molecule has 1 amide bonds. The molecule has 0 fully saturated rings. The molecule has 1 unspecified atom stereocenters. The van der Waals surface area contributed by atoms with Crippen molar-refractivity contribution in [2.75, 3.05) is 20.3 Å². The first kappa shape index (κ1) is 15.4. The molecule has 96 valence electrons. The monoisotopic (exact) mass is 230 g/mol. The van der Waals surface area contributed by atoms with Crippen LogP contribution in [-0.4, -0.2) is 37.7 Å². The van der Waals surface area contributed by atoms with Gasteiger partial charge < -0.3 is 15.4 Å². The van der Waals surface area contributed by atoms with Crippen LogP contribution in [0.25, 0.3) is 0 Å². The van der Waals surface area contributed by atoms with E-state index in [1.54, 1.807) is 7.11 Å². The number of carbonyl (C=O) groups excluding carboxylic acids is 1. The van der Waals surface area contributed by atoms with Crippen molar-refractivity contribution in [3.8, 4) is 0 Å². The molecule has 0 heterocycles. The third-order valence-corrected chi connectivity index (χ3v) is 2.53. The second-order valence-corrected chi connectivity index (χ2v) is 4.57. The molecule has 0 rings (SSSR count). The van der Waals surface area contributed by atoms with E-state index in [2.05, 4.69) is 17.6 Å². The number of carbonyl (C=O) groups is 1. The SMILES string of the molecule is CCCC(COC)NC(=O)C(C)(C)NCC. The number of nitrogens with one attached hydrogen (secondary N) is 2. The largest absolute Gasteiger partial charge is 0.383 e. The number of hydrogen-bond donors (Lipinski definition) is 2. The average molecular weight is 230 g/mol. The maximum Gasteiger partial charge on any atom is 0.240 e. The van der Waals surface area contributed by atoms with Gasteiger partial charge in [-0.2, -0.15) is 0 Å². The lowest BCUT2D eigenvalue weighted by Crippen LogP contribution is -2.55. The standard InChI is InChI=1S/C12H26N2O2/c1-6-8-10(9-16-5)14-11(15)12(3,4)13-7-2/h10,13H,6-9H2,1-5H3,(H,14,15). The minimum atomic E-state index is -0.519. The lowest BCUT2D eigenvalue weighted by molar-refractivity contribution is -0.127. The van der Waals surface area contributed by atoms with Gasteiger partial charge >= 0.3 is 0 Å². The second-order valence-electron chi connectivity index (χ2n) is 4.57. The number of rotatable bonds is 8. The van der Waals surface area contributed by atoms with Crippen molar-refractivity contribution < 1.29 is 9.53 Å². The van der Waals surface area contributed by atoms with E-state index in [9.17, 15) is 4.79 Å². The predicted molar refractivity (Wildman–Crippen MR) is 66.5 cm³/mol. The Labute approximate surface area is 99.1 Å². The van der Waals surface area contributed by atoms with Gasteiger partial charge in [-0.25, -0.2) is 0 Å². The topological polar surface area (TPSA) is 50.4 Å². The Bertz CT molecular complexity index is 199. The Kier molecular flexibility index (Phi) is 7.34. The van der Waals surface area contributed by atoms with Crippen LogP contribution in [0.2, 0.25) is 0 Å². The van der Waals surface area contributed by atoms with Crippen LogP contribution in [0.1, 0.15) is 40.5 Å². The third-order valence-electron chi connectivity index (χ3n) is 2.53. The molecule has 0 spiro atoms. The molecule has 4 nitrogen and oxygen atoms in total. The Morgan fingerprint density at radius 2 is 2.00 bits per heavy atom. The van der Waals surface area contributed by atoms with Crippen molar-refractivity contribution in [3.63, 3.8) is 0 Å². The van der Waals surface area contributed by atoms with Crippen LogP contribution in [0.5, 0.6) is 0 Å². The molecule has 0 saturated carbocycles. The molecule has 2 N–H and O–H groups in total. The van der Waals surface area contributed by atoms with Crippen LogP contribution >= 0.6 is 0 Å². The van der Waals surface area contributed by atoms with E-state index in [1.807, 2.05) is 20.8 Å². The van der Waals surface area contributed by atoms with Gasteiger partial charge in [0.05, 0.1) is 18.2 Å². The van der Waals surface area contributed by atoms with Crippen LogP contribution < -0.4 is 10.6 Å². The van der Waals surface area contributed by atoms with Crippen LogP contribution in [-0.2, 0) is 9.53 Å². The Morgan fingerprint density at radius 3 is 2.44 bits per heavy atom. The van der Waals surface area contributed by atoms with Crippen molar-refractivity contribution in [3.05, 3.63) is 0 Å². The minimum Gasteiger partial charge on any atom is -0.383 e. The first-order chi connectivity index (χ1) is 7.47. The van der Waals surface area contributed by atoms with Crippen molar-refractivity contribution >= 4 is 5.91 Å². The van der Waals surface area contributed by atoms with Gasteiger partial charge in [-0.3, -0.25) is 4.79 Å². The summed E-state index contributed by atoms with van der Waals surface area (Å²) < 4.78 is 5.09. The van der Waals surface area contributed by atoms with E-state index in [-0.39, 0.29) is 11.9 Å². The fourth-order valence-corrected chi connectivity index (χ4v) is 1.63.